The topological polar surface area (TPSA) is 94.3 Å². The van der Waals surface area contributed by atoms with Crippen molar-refractivity contribution in [1.82, 2.24) is 4.37 Å². The van der Waals surface area contributed by atoms with E-state index in [4.69, 9.17) is 10.5 Å². The van der Waals surface area contributed by atoms with Crippen molar-refractivity contribution < 1.29 is 13.2 Å². The number of anilines is 2. The molecule has 2 unspecified atom stereocenters. The van der Waals surface area contributed by atoms with Gasteiger partial charge in [-0.3, -0.25) is 0 Å². The molecule has 1 aromatic heterocycles. The van der Waals surface area contributed by atoms with Crippen LogP contribution in [-0.2, 0) is 14.6 Å². The minimum Gasteiger partial charge on any atom is -0.382 e. The van der Waals surface area contributed by atoms with Gasteiger partial charge in [-0.2, -0.15) is 4.37 Å². The van der Waals surface area contributed by atoms with Gasteiger partial charge in [0.15, 0.2) is 15.7 Å². The molecule has 114 valence electrons. The molecule has 3 N–H and O–H groups in total. The maximum Gasteiger partial charge on any atom is 0.182 e. The fourth-order valence-electron chi connectivity index (χ4n) is 2.52. The third-order valence-corrected chi connectivity index (χ3v) is 5.97. The van der Waals surface area contributed by atoms with E-state index in [0.717, 1.165) is 24.2 Å². The first-order chi connectivity index (χ1) is 9.17. The van der Waals surface area contributed by atoms with Crippen molar-refractivity contribution in [2.45, 2.75) is 44.2 Å². The molecule has 1 aromatic rings. The van der Waals surface area contributed by atoms with Crippen LogP contribution in [0.1, 0.15) is 27.2 Å². The van der Waals surface area contributed by atoms with Crippen LogP contribution < -0.4 is 11.1 Å². The molecular formula is C12H21N3O3S2. The Morgan fingerprint density at radius 2 is 2.20 bits per heavy atom. The van der Waals surface area contributed by atoms with Crippen LogP contribution in [0.4, 0.5) is 10.8 Å². The lowest BCUT2D eigenvalue weighted by Crippen LogP contribution is -2.58. The van der Waals surface area contributed by atoms with E-state index in [1.54, 1.807) is 0 Å². The van der Waals surface area contributed by atoms with E-state index >= 15 is 0 Å². The molecule has 1 aliphatic rings. The summed E-state index contributed by atoms with van der Waals surface area (Å²) in [6.07, 6.45) is 2.19. The van der Waals surface area contributed by atoms with Gasteiger partial charge in [0.2, 0.25) is 0 Å². The molecule has 20 heavy (non-hydrogen) atoms. The van der Waals surface area contributed by atoms with Gasteiger partial charge in [-0.05, 0) is 24.9 Å². The second-order valence-corrected chi connectivity index (χ2v) is 8.42. The normalized spacial score (nSPS) is 25.2. The average Bonchev–Trinajstić information content (AvgIpc) is 2.69. The molecule has 0 radical (unpaired) electrons. The number of nitrogens with zero attached hydrogens (tertiary/aromatic N) is 1. The predicted octanol–water partition coefficient (Wildman–Crippen LogP) is 1.74. The molecule has 0 spiro atoms. The van der Waals surface area contributed by atoms with Crippen LogP contribution in [0.3, 0.4) is 0 Å². The molecule has 2 rings (SSSR count). The summed E-state index contributed by atoms with van der Waals surface area (Å²) in [5.41, 5.74) is 5.61. The lowest BCUT2D eigenvalue weighted by molar-refractivity contribution is -0.0975. The zero-order valence-corrected chi connectivity index (χ0v) is 13.8. The fraction of sp³-hybridized carbons (Fsp3) is 0.750. The zero-order chi connectivity index (χ0) is 15.1. The number of sulfone groups is 1. The van der Waals surface area contributed by atoms with Crippen molar-refractivity contribution in [2.75, 3.05) is 23.9 Å². The number of rotatable bonds is 5. The number of aromatic nitrogens is 1. The molecule has 0 amide bonds. The molecule has 1 saturated carbocycles. The van der Waals surface area contributed by atoms with Gasteiger partial charge >= 0.3 is 0 Å². The third-order valence-electron chi connectivity index (χ3n) is 3.90. The molecule has 1 heterocycles. The summed E-state index contributed by atoms with van der Waals surface area (Å²) < 4.78 is 33.2. The van der Waals surface area contributed by atoms with Gasteiger partial charge in [-0.15, -0.1) is 0 Å². The second kappa shape index (κ2) is 5.16. The molecule has 1 fully saturated rings. The third kappa shape index (κ3) is 2.64. The SMILES string of the molecule is CCOC1CC(Nc2snc(N)c2S(C)(=O)=O)C1(C)C. The Hall–Kier alpha value is -0.860. The number of nitrogens with two attached hydrogens (primary N) is 1. The van der Waals surface area contributed by atoms with Gasteiger partial charge < -0.3 is 15.8 Å². The van der Waals surface area contributed by atoms with E-state index in [-0.39, 0.29) is 28.3 Å². The number of hydrogen-bond acceptors (Lipinski definition) is 7. The van der Waals surface area contributed by atoms with E-state index in [9.17, 15) is 8.42 Å². The van der Waals surface area contributed by atoms with Crippen LogP contribution in [-0.4, -0.2) is 37.8 Å². The summed E-state index contributed by atoms with van der Waals surface area (Å²) in [7, 11) is -3.38. The highest BCUT2D eigenvalue weighted by atomic mass is 32.2. The Balaban J connectivity index is 2.18. The van der Waals surface area contributed by atoms with E-state index in [1.807, 2.05) is 6.92 Å². The largest absolute Gasteiger partial charge is 0.382 e. The highest BCUT2D eigenvalue weighted by Gasteiger charge is 2.49. The first kappa shape index (κ1) is 15.5. The Morgan fingerprint density at radius 1 is 1.55 bits per heavy atom. The summed E-state index contributed by atoms with van der Waals surface area (Å²) in [6.45, 7) is 6.88. The van der Waals surface area contributed by atoms with Crippen molar-refractivity contribution in [1.29, 1.82) is 0 Å². The van der Waals surface area contributed by atoms with Crippen LogP contribution >= 0.6 is 11.5 Å². The predicted molar refractivity (Wildman–Crippen MR) is 80.9 cm³/mol. The summed E-state index contributed by atoms with van der Waals surface area (Å²) in [6, 6.07) is 0.152. The van der Waals surface area contributed by atoms with Gasteiger partial charge in [0.1, 0.15) is 9.90 Å². The van der Waals surface area contributed by atoms with Crippen molar-refractivity contribution in [3.8, 4) is 0 Å². The summed E-state index contributed by atoms with van der Waals surface area (Å²) in [4.78, 5) is 0.109. The number of nitrogens with one attached hydrogen (secondary N) is 1. The van der Waals surface area contributed by atoms with Gasteiger partial charge in [-0.25, -0.2) is 8.42 Å². The fourth-order valence-corrected chi connectivity index (χ4v) is 4.63. The lowest BCUT2D eigenvalue weighted by Gasteiger charge is -2.51. The number of ether oxygens (including phenoxy) is 1. The first-order valence-electron chi connectivity index (χ1n) is 6.51. The zero-order valence-electron chi connectivity index (χ0n) is 12.1. The Kier molecular flexibility index (Phi) is 4.01. The lowest BCUT2D eigenvalue weighted by atomic mass is 9.64. The van der Waals surface area contributed by atoms with Crippen molar-refractivity contribution >= 4 is 32.2 Å². The Morgan fingerprint density at radius 3 is 2.70 bits per heavy atom. The molecular weight excluding hydrogens is 298 g/mol. The maximum atomic E-state index is 11.8. The molecule has 6 nitrogen and oxygen atoms in total. The smallest absolute Gasteiger partial charge is 0.182 e. The quantitative estimate of drug-likeness (QED) is 0.858. The van der Waals surface area contributed by atoms with Crippen molar-refractivity contribution in [3.05, 3.63) is 0 Å². The maximum absolute atomic E-state index is 11.8. The molecule has 1 aliphatic carbocycles. The second-order valence-electron chi connectivity index (χ2n) is 5.70. The molecule has 8 heteroatoms. The Bertz CT molecular complexity index is 595. The van der Waals surface area contributed by atoms with Crippen LogP contribution in [0.5, 0.6) is 0 Å². The van der Waals surface area contributed by atoms with Crippen LogP contribution in [0.2, 0.25) is 0 Å². The van der Waals surface area contributed by atoms with Crippen molar-refractivity contribution in [3.63, 3.8) is 0 Å². The monoisotopic (exact) mass is 319 g/mol. The summed E-state index contributed by atoms with van der Waals surface area (Å²) >= 11 is 1.09. The van der Waals surface area contributed by atoms with Crippen LogP contribution in [0, 0.1) is 5.41 Å². The Labute approximate surface area is 123 Å². The molecule has 0 bridgehead atoms. The molecule has 2 atom stereocenters. The standard InChI is InChI=1S/C12H21N3O3S2/c1-5-18-8-6-7(12(8,2)3)14-11-9(20(4,16)17)10(13)15-19-11/h7-8,14H,5-6H2,1-4H3,(H2,13,15). The highest BCUT2D eigenvalue weighted by molar-refractivity contribution is 7.91. The van der Waals surface area contributed by atoms with Crippen LogP contribution in [0.25, 0.3) is 0 Å². The van der Waals surface area contributed by atoms with Gasteiger partial charge in [0, 0.05) is 24.3 Å². The van der Waals surface area contributed by atoms with E-state index < -0.39 is 9.84 Å². The first-order valence-corrected chi connectivity index (χ1v) is 9.17. The highest BCUT2D eigenvalue weighted by Crippen LogP contribution is 2.46. The van der Waals surface area contributed by atoms with E-state index in [1.165, 1.54) is 0 Å². The minimum absolute atomic E-state index is 0.0520. The van der Waals surface area contributed by atoms with Crippen molar-refractivity contribution in [2.24, 2.45) is 5.41 Å². The van der Waals surface area contributed by atoms with E-state index in [0.29, 0.717) is 11.6 Å². The molecule has 0 aliphatic heterocycles. The summed E-state index contributed by atoms with van der Waals surface area (Å²) in [5.74, 6) is 0.0680. The average molecular weight is 319 g/mol. The van der Waals surface area contributed by atoms with Gasteiger partial charge in [0.05, 0.1) is 6.10 Å². The minimum atomic E-state index is -3.38. The number of hydrogen-bond donors (Lipinski definition) is 2. The van der Waals surface area contributed by atoms with Crippen LogP contribution in [0.15, 0.2) is 4.90 Å². The number of nitrogen functional groups attached to an aromatic ring is 1. The molecule has 0 aromatic carbocycles. The van der Waals surface area contributed by atoms with Gasteiger partial charge in [-0.1, -0.05) is 13.8 Å². The van der Waals surface area contributed by atoms with Gasteiger partial charge in [0.25, 0.3) is 0 Å². The summed E-state index contributed by atoms with van der Waals surface area (Å²) in [5, 5.41) is 3.80. The molecule has 0 saturated heterocycles. The van der Waals surface area contributed by atoms with E-state index in [2.05, 4.69) is 23.5 Å².